The highest BCUT2D eigenvalue weighted by molar-refractivity contribution is 5.78. The Morgan fingerprint density at radius 3 is 2.88 bits per heavy atom. The maximum absolute atomic E-state index is 12.7. The number of aromatic amines is 1. The molecule has 1 aliphatic carbocycles. The zero-order chi connectivity index (χ0) is 23.2. The van der Waals surface area contributed by atoms with Gasteiger partial charge >= 0.3 is 6.18 Å². The number of amides is 1. The summed E-state index contributed by atoms with van der Waals surface area (Å²) < 4.78 is 38.1. The van der Waals surface area contributed by atoms with Gasteiger partial charge in [0.05, 0.1) is 34.6 Å². The van der Waals surface area contributed by atoms with Crippen LogP contribution in [0, 0.1) is 17.2 Å². The number of H-pyrrole nitrogens is 1. The molecule has 2 fully saturated rings. The van der Waals surface area contributed by atoms with E-state index in [1.165, 1.54) is 12.3 Å². The molecule has 5 rings (SSSR count). The lowest BCUT2D eigenvalue weighted by Crippen LogP contribution is -2.37. The molecule has 33 heavy (non-hydrogen) atoms. The number of carbonyl (C=O) groups is 1. The summed E-state index contributed by atoms with van der Waals surface area (Å²) >= 11 is 0. The topological polar surface area (TPSA) is 97.7 Å². The lowest BCUT2D eigenvalue weighted by Gasteiger charge is -2.19. The number of pyridine rings is 1. The highest BCUT2D eigenvalue weighted by Gasteiger charge is 2.42. The number of halogens is 3. The van der Waals surface area contributed by atoms with Crippen molar-refractivity contribution in [2.75, 3.05) is 18.0 Å². The first-order chi connectivity index (χ1) is 15.8. The van der Waals surface area contributed by atoms with Gasteiger partial charge in [0.25, 0.3) is 0 Å². The van der Waals surface area contributed by atoms with Crippen molar-refractivity contribution in [2.45, 2.75) is 37.4 Å². The first kappa shape index (κ1) is 21.2. The number of nitrogens with zero attached hydrogens (tertiary/aromatic N) is 4. The van der Waals surface area contributed by atoms with Crippen LogP contribution < -0.4 is 10.2 Å². The van der Waals surface area contributed by atoms with Crippen LogP contribution in [0.5, 0.6) is 0 Å². The highest BCUT2D eigenvalue weighted by atomic mass is 19.4. The average Bonchev–Trinajstić information content (AvgIpc) is 3.19. The third-order valence-electron chi connectivity index (χ3n) is 6.31. The molecule has 0 unspecified atom stereocenters. The zero-order valence-electron chi connectivity index (χ0n) is 17.6. The van der Waals surface area contributed by atoms with Gasteiger partial charge in [-0.25, -0.2) is 9.97 Å². The van der Waals surface area contributed by atoms with Gasteiger partial charge in [-0.2, -0.15) is 18.4 Å². The molecular weight excluding hydrogens is 433 g/mol. The van der Waals surface area contributed by atoms with Crippen molar-refractivity contribution in [3.8, 4) is 6.07 Å². The molecule has 1 saturated carbocycles. The van der Waals surface area contributed by atoms with E-state index in [0.717, 1.165) is 35.8 Å². The van der Waals surface area contributed by atoms with Crippen LogP contribution in [0.15, 0.2) is 36.5 Å². The summed E-state index contributed by atoms with van der Waals surface area (Å²) in [4.78, 5) is 25.9. The van der Waals surface area contributed by atoms with Crippen LogP contribution >= 0.6 is 0 Å². The number of aromatic nitrogens is 3. The van der Waals surface area contributed by atoms with E-state index in [2.05, 4.69) is 26.3 Å². The highest BCUT2D eigenvalue weighted by Crippen LogP contribution is 2.48. The number of imidazole rings is 1. The van der Waals surface area contributed by atoms with Crippen molar-refractivity contribution in [1.29, 1.82) is 5.26 Å². The molecule has 2 aromatic heterocycles. The van der Waals surface area contributed by atoms with Crippen molar-refractivity contribution in [2.24, 2.45) is 5.92 Å². The van der Waals surface area contributed by atoms with Crippen LogP contribution in [0.2, 0.25) is 0 Å². The number of nitrogens with one attached hydrogen (secondary N) is 2. The molecular formula is C23H21F3N6O. The summed E-state index contributed by atoms with van der Waals surface area (Å²) in [6.45, 7) is 1.19. The van der Waals surface area contributed by atoms with Crippen LogP contribution in [0.25, 0.3) is 11.0 Å². The van der Waals surface area contributed by atoms with E-state index < -0.39 is 11.9 Å². The summed E-state index contributed by atoms with van der Waals surface area (Å²) in [6.07, 6.45) is -1.21. The molecule has 3 heterocycles. The number of rotatable bonds is 5. The average molecular weight is 454 g/mol. The summed E-state index contributed by atoms with van der Waals surface area (Å²) in [7, 11) is 0. The lowest BCUT2D eigenvalue weighted by molar-refractivity contribution is -0.141. The number of nitriles is 1. The summed E-state index contributed by atoms with van der Waals surface area (Å²) in [5, 5.41) is 12.1. The van der Waals surface area contributed by atoms with Crippen LogP contribution in [0.4, 0.5) is 18.9 Å². The van der Waals surface area contributed by atoms with E-state index in [0.29, 0.717) is 30.8 Å². The number of hydrogen-bond donors (Lipinski definition) is 2. The fraction of sp³-hybridized carbons (Fsp3) is 0.391. The van der Waals surface area contributed by atoms with Crippen molar-refractivity contribution >= 4 is 22.6 Å². The van der Waals surface area contributed by atoms with E-state index in [4.69, 9.17) is 5.26 Å². The fourth-order valence-electron chi connectivity index (χ4n) is 4.46. The Labute approximate surface area is 187 Å². The number of fused-ring (bicyclic) bond motifs is 1. The second kappa shape index (κ2) is 8.06. The van der Waals surface area contributed by atoms with Crippen LogP contribution in [-0.2, 0) is 11.0 Å². The summed E-state index contributed by atoms with van der Waals surface area (Å²) in [5.41, 5.74) is 1.91. The fourth-order valence-corrected chi connectivity index (χ4v) is 4.46. The molecule has 0 bridgehead atoms. The third-order valence-corrected chi connectivity index (χ3v) is 6.31. The first-order valence-corrected chi connectivity index (χ1v) is 10.8. The number of anilines is 1. The maximum Gasteiger partial charge on any atom is 0.433 e. The first-order valence-electron chi connectivity index (χ1n) is 10.8. The summed E-state index contributed by atoms with van der Waals surface area (Å²) in [5.74, 6) is 1.24. The Morgan fingerprint density at radius 1 is 1.30 bits per heavy atom. The largest absolute Gasteiger partial charge is 0.433 e. The molecule has 2 aliphatic rings. The monoisotopic (exact) mass is 454 g/mol. The number of carbonyl (C=O) groups excluding carboxylic acids is 1. The van der Waals surface area contributed by atoms with Gasteiger partial charge < -0.3 is 15.2 Å². The number of hydrogen-bond acceptors (Lipinski definition) is 5. The van der Waals surface area contributed by atoms with Gasteiger partial charge in [-0.1, -0.05) is 0 Å². The van der Waals surface area contributed by atoms with Gasteiger partial charge in [0, 0.05) is 31.5 Å². The predicted octanol–water partition coefficient (Wildman–Crippen LogP) is 3.74. The molecule has 1 amide bonds. The predicted molar refractivity (Wildman–Crippen MR) is 114 cm³/mol. The van der Waals surface area contributed by atoms with Crippen molar-refractivity contribution < 1.29 is 18.0 Å². The van der Waals surface area contributed by atoms with Gasteiger partial charge in [-0.15, -0.1) is 0 Å². The molecule has 2 N–H and O–H groups in total. The molecule has 170 valence electrons. The minimum atomic E-state index is -4.46. The van der Waals surface area contributed by atoms with E-state index >= 15 is 0 Å². The zero-order valence-corrected chi connectivity index (χ0v) is 17.6. The van der Waals surface area contributed by atoms with Gasteiger partial charge in [0.1, 0.15) is 11.5 Å². The molecule has 0 radical (unpaired) electrons. The van der Waals surface area contributed by atoms with Gasteiger partial charge in [-0.05, 0) is 49.1 Å². The van der Waals surface area contributed by atoms with E-state index in [1.807, 2.05) is 11.0 Å². The van der Waals surface area contributed by atoms with Crippen molar-refractivity contribution in [3.63, 3.8) is 0 Å². The molecule has 3 aromatic rings. The second-order valence-corrected chi connectivity index (χ2v) is 8.67. The van der Waals surface area contributed by atoms with Crippen molar-refractivity contribution in [3.05, 3.63) is 53.6 Å². The number of alkyl halides is 3. The van der Waals surface area contributed by atoms with E-state index in [9.17, 15) is 18.0 Å². The smallest absolute Gasteiger partial charge is 0.368 e. The molecule has 7 nitrogen and oxygen atoms in total. The third kappa shape index (κ3) is 4.49. The van der Waals surface area contributed by atoms with Gasteiger partial charge in [-0.3, -0.25) is 4.79 Å². The molecule has 3 atom stereocenters. The Morgan fingerprint density at radius 2 is 2.15 bits per heavy atom. The van der Waals surface area contributed by atoms with Gasteiger partial charge in [0.2, 0.25) is 5.91 Å². The molecule has 10 heteroatoms. The number of benzene rings is 1. The Bertz CT molecular complexity index is 1230. The lowest BCUT2D eigenvalue weighted by atomic mass is 10.2. The summed E-state index contributed by atoms with van der Waals surface area (Å²) in [6, 6.07) is 9.78. The Kier molecular flexibility index (Phi) is 5.19. The molecule has 1 saturated heterocycles. The van der Waals surface area contributed by atoms with Crippen molar-refractivity contribution in [1.82, 2.24) is 20.3 Å². The minimum absolute atomic E-state index is 0.0252. The van der Waals surface area contributed by atoms with Gasteiger partial charge in [0.15, 0.2) is 0 Å². The molecule has 1 aliphatic heterocycles. The maximum atomic E-state index is 12.7. The molecule has 0 spiro atoms. The van der Waals surface area contributed by atoms with E-state index in [1.54, 1.807) is 12.1 Å². The Balaban J connectivity index is 1.12. The minimum Gasteiger partial charge on any atom is -0.368 e. The normalized spacial score (nSPS) is 22.4. The SMILES string of the molecule is N#Cc1ccc2nc([C@@H]3C[C@@H]3CC(=O)N[C@@H]3CCN(c4ccc(C(F)(F)F)nc4)C3)[nH]c2c1. The van der Waals surface area contributed by atoms with Crippen LogP contribution in [0.1, 0.15) is 42.3 Å². The van der Waals surface area contributed by atoms with E-state index in [-0.39, 0.29) is 23.8 Å². The molecule has 1 aromatic carbocycles. The second-order valence-electron chi connectivity index (χ2n) is 8.67. The standard InChI is InChI=1S/C23H21F3N6O/c24-23(25,26)20-4-2-16(11-28-20)32-6-5-15(12-32)29-21(33)9-14-8-17(14)22-30-18-3-1-13(10-27)7-19(18)31-22/h1-4,7,11,14-15,17H,5-6,8-9,12H2,(H,29,33)(H,30,31)/t14-,15-,17-/m1/s1. The van der Waals surface area contributed by atoms with Crippen LogP contribution in [0.3, 0.4) is 0 Å². The quantitative estimate of drug-likeness (QED) is 0.612. The van der Waals surface area contributed by atoms with Crippen LogP contribution in [-0.4, -0.2) is 40.0 Å². The Hall–Kier alpha value is -3.61.